The van der Waals surface area contributed by atoms with Crippen LogP contribution in [0, 0.1) is 0 Å². The molecule has 3 N–H and O–H groups in total. The number of nitrogens with one attached hydrogen (secondary N) is 1. The number of aromatic nitrogens is 1. The van der Waals surface area contributed by atoms with E-state index in [0.29, 0.717) is 10.0 Å². The van der Waals surface area contributed by atoms with Crippen molar-refractivity contribution in [2.24, 2.45) is 0 Å². The molecule has 8 heteroatoms. The molecule has 0 bridgehead atoms. The summed E-state index contributed by atoms with van der Waals surface area (Å²) in [4.78, 5) is 15.5. The highest BCUT2D eigenvalue weighted by atomic mass is 79.9. The van der Waals surface area contributed by atoms with Gasteiger partial charge in [0.1, 0.15) is 24.0 Å². The molecule has 1 aromatic carbocycles. The van der Waals surface area contributed by atoms with Crippen LogP contribution < -0.4 is 5.32 Å². The van der Waals surface area contributed by atoms with Crippen LogP contribution >= 0.6 is 27.5 Å². The lowest BCUT2D eigenvalue weighted by Gasteiger charge is -2.19. The maximum absolute atomic E-state index is 11.6. The highest BCUT2D eigenvalue weighted by molar-refractivity contribution is 9.10. The molecule has 0 spiro atoms. The lowest BCUT2D eigenvalue weighted by molar-refractivity contribution is 0.0179. The molecule has 0 saturated carbocycles. The molecule has 24 heavy (non-hydrogen) atoms. The average Bonchev–Trinajstić information content (AvgIpc) is 2.60. The fourth-order valence-electron chi connectivity index (χ4n) is 1.94. The van der Waals surface area contributed by atoms with E-state index in [9.17, 15) is 15.0 Å². The fraction of sp³-hybridized carbons (Fsp3) is 0.250. The Bertz CT molecular complexity index is 687. The van der Waals surface area contributed by atoms with E-state index in [0.717, 1.165) is 5.56 Å². The molecule has 1 aromatic heterocycles. The summed E-state index contributed by atoms with van der Waals surface area (Å²) in [5.41, 5.74) is 1.23. The number of hydrogen-bond donors (Lipinski definition) is 3. The van der Waals surface area contributed by atoms with Crippen LogP contribution in [0.4, 0.5) is 4.79 Å². The van der Waals surface area contributed by atoms with E-state index in [4.69, 9.17) is 16.3 Å². The van der Waals surface area contributed by atoms with Gasteiger partial charge in [-0.05, 0) is 27.6 Å². The molecule has 1 heterocycles. The number of ether oxygens (including phenoxy) is 1. The van der Waals surface area contributed by atoms with Crippen LogP contribution in [0.25, 0.3) is 0 Å². The number of rotatable bonds is 6. The number of hydrogen-bond acceptors (Lipinski definition) is 5. The molecule has 0 fully saturated rings. The second kappa shape index (κ2) is 8.98. The minimum Gasteiger partial charge on any atom is -0.445 e. The molecular formula is C16H16BrClN2O4. The Morgan fingerprint density at radius 1 is 1.33 bits per heavy atom. The molecule has 6 nitrogen and oxygen atoms in total. The van der Waals surface area contributed by atoms with Crippen LogP contribution in [0.1, 0.15) is 17.2 Å². The first-order chi connectivity index (χ1) is 11.5. The smallest absolute Gasteiger partial charge is 0.407 e. The van der Waals surface area contributed by atoms with Gasteiger partial charge in [-0.3, -0.25) is 0 Å². The summed E-state index contributed by atoms with van der Waals surface area (Å²) in [6.07, 6.45) is -1.73. The van der Waals surface area contributed by atoms with Crippen LogP contribution in [0.15, 0.2) is 47.1 Å². The topological polar surface area (TPSA) is 91.7 Å². The van der Waals surface area contributed by atoms with Crippen molar-refractivity contribution in [3.63, 3.8) is 0 Å². The van der Waals surface area contributed by atoms with E-state index in [1.807, 2.05) is 30.3 Å². The first-order valence-corrected chi connectivity index (χ1v) is 8.26. The Balaban J connectivity index is 1.82. The van der Waals surface area contributed by atoms with Gasteiger partial charge in [-0.25, -0.2) is 9.78 Å². The number of amides is 1. The maximum Gasteiger partial charge on any atom is 0.407 e. The van der Waals surface area contributed by atoms with Gasteiger partial charge in [-0.15, -0.1) is 0 Å². The van der Waals surface area contributed by atoms with E-state index in [1.165, 1.54) is 12.3 Å². The minimum atomic E-state index is -1.24. The van der Waals surface area contributed by atoms with Crippen LogP contribution in [0.2, 0.25) is 5.15 Å². The van der Waals surface area contributed by atoms with Gasteiger partial charge >= 0.3 is 6.09 Å². The number of aliphatic hydroxyl groups is 2. The van der Waals surface area contributed by atoms with Crippen molar-refractivity contribution in [3.05, 3.63) is 63.3 Å². The van der Waals surface area contributed by atoms with Gasteiger partial charge in [0.15, 0.2) is 0 Å². The molecule has 2 unspecified atom stereocenters. The maximum atomic E-state index is 11.6. The first-order valence-electron chi connectivity index (χ1n) is 7.09. The fourth-order valence-corrected chi connectivity index (χ4v) is 2.55. The summed E-state index contributed by atoms with van der Waals surface area (Å²) in [5.74, 6) is 0. The van der Waals surface area contributed by atoms with Crippen molar-refractivity contribution in [1.29, 1.82) is 0 Å². The lowest BCUT2D eigenvalue weighted by atomic mass is 10.1. The van der Waals surface area contributed by atoms with Crippen molar-refractivity contribution >= 4 is 33.6 Å². The summed E-state index contributed by atoms with van der Waals surface area (Å²) in [6, 6.07) is 10.6. The molecule has 2 aromatic rings. The van der Waals surface area contributed by atoms with Crippen molar-refractivity contribution in [2.75, 3.05) is 6.54 Å². The third kappa shape index (κ3) is 5.45. The van der Waals surface area contributed by atoms with Gasteiger partial charge in [0.25, 0.3) is 0 Å². The number of carbonyl (C=O) groups excluding carboxylic acids is 1. The third-order valence-corrected chi connectivity index (χ3v) is 4.07. The van der Waals surface area contributed by atoms with Gasteiger partial charge in [0.05, 0.1) is 0 Å². The SMILES string of the molecule is O=C(NCC(O)C(O)c1cc(Cl)ncc1Br)OCc1ccccc1. The Labute approximate surface area is 152 Å². The molecule has 0 aliphatic carbocycles. The summed E-state index contributed by atoms with van der Waals surface area (Å²) >= 11 is 9.00. The largest absolute Gasteiger partial charge is 0.445 e. The number of pyridine rings is 1. The van der Waals surface area contributed by atoms with Crippen molar-refractivity contribution in [1.82, 2.24) is 10.3 Å². The third-order valence-electron chi connectivity index (χ3n) is 3.20. The molecular weight excluding hydrogens is 400 g/mol. The number of aliphatic hydroxyl groups excluding tert-OH is 2. The summed E-state index contributed by atoms with van der Waals surface area (Å²) < 4.78 is 5.53. The standard InChI is InChI=1S/C16H16BrClN2O4/c17-12-7-19-14(18)6-11(12)15(22)13(21)8-20-16(23)24-9-10-4-2-1-3-5-10/h1-7,13,15,21-22H,8-9H2,(H,20,23). The summed E-state index contributed by atoms with van der Waals surface area (Å²) in [6.45, 7) is -0.0575. The Morgan fingerprint density at radius 2 is 2.04 bits per heavy atom. The first kappa shape index (κ1) is 18.7. The van der Waals surface area contributed by atoms with Crippen molar-refractivity contribution < 1.29 is 19.7 Å². The van der Waals surface area contributed by atoms with Crippen LogP contribution in [-0.2, 0) is 11.3 Å². The van der Waals surface area contributed by atoms with Gasteiger partial charge in [-0.2, -0.15) is 0 Å². The van der Waals surface area contributed by atoms with Crippen LogP contribution in [0.3, 0.4) is 0 Å². The Kier molecular flexibility index (Phi) is 6.99. The van der Waals surface area contributed by atoms with Crippen molar-refractivity contribution in [3.8, 4) is 0 Å². The Hall–Kier alpha value is -1.67. The number of nitrogens with zero attached hydrogens (tertiary/aromatic N) is 1. The molecule has 128 valence electrons. The zero-order chi connectivity index (χ0) is 17.5. The van der Waals surface area contributed by atoms with Gasteiger partial charge in [-0.1, -0.05) is 41.9 Å². The Morgan fingerprint density at radius 3 is 2.75 bits per heavy atom. The van der Waals surface area contributed by atoms with E-state index >= 15 is 0 Å². The normalized spacial score (nSPS) is 13.2. The second-order valence-corrected chi connectivity index (χ2v) is 6.22. The molecule has 0 aliphatic heterocycles. The second-order valence-electron chi connectivity index (χ2n) is 4.98. The van der Waals surface area contributed by atoms with Crippen LogP contribution in [-0.4, -0.2) is 33.9 Å². The quantitative estimate of drug-likeness (QED) is 0.631. The van der Waals surface area contributed by atoms with E-state index < -0.39 is 18.3 Å². The molecule has 1 amide bonds. The van der Waals surface area contributed by atoms with Gasteiger partial charge in [0.2, 0.25) is 0 Å². The van der Waals surface area contributed by atoms with Gasteiger partial charge in [0, 0.05) is 22.8 Å². The molecule has 0 aliphatic rings. The van der Waals surface area contributed by atoms with Crippen LogP contribution in [0.5, 0.6) is 0 Å². The predicted octanol–water partition coefficient (Wildman–Crippen LogP) is 2.82. The molecule has 2 rings (SSSR count). The zero-order valence-electron chi connectivity index (χ0n) is 12.5. The van der Waals surface area contributed by atoms with Crippen molar-refractivity contribution in [2.45, 2.75) is 18.8 Å². The average molecular weight is 416 g/mol. The number of carbonyl (C=O) groups is 1. The lowest BCUT2D eigenvalue weighted by Crippen LogP contribution is -2.35. The van der Waals surface area contributed by atoms with E-state index in [-0.39, 0.29) is 18.3 Å². The van der Waals surface area contributed by atoms with Gasteiger partial charge < -0.3 is 20.3 Å². The van der Waals surface area contributed by atoms with E-state index in [2.05, 4.69) is 26.2 Å². The molecule has 2 atom stereocenters. The summed E-state index contributed by atoms with van der Waals surface area (Å²) in [7, 11) is 0. The highest BCUT2D eigenvalue weighted by Crippen LogP contribution is 2.27. The summed E-state index contributed by atoms with van der Waals surface area (Å²) in [5, 5.41) is 22.8. The minimum absolute atomic E-state index is 0.122. The number of halogens is 2. The molecule has 0 radical (unpaired) electrons. The number of benzene rings is 1. The monoisotopic (exact) mass is 414 g/mol. The number of alkyl carbamates (subject to hydrolysis) is 1. The molecule has 0 saturated heterocycles. The zero-order valence-corrected chi connectivity index (χ0v) is 14.9. The predicted molar refractivity (Wildman–Crippen MR) is 92.5 cm³/mol. The highest BCUT2D eigenvalue weighted by Gasteiger charge is 2.22. The van der Waals surface area contributed by atoms with E-state index in [1.54, 1.807) is 0 Å².